The Kier molecular flexibility index (Phi) is 5.59. The van der Waals surface area contributed by atoms with Crippen LogP contribution in [0.25, 0.3) is 5.69 Å². The number of para-hydroxylation sites is 1. The molecule has 27 heavy (non-hydrogen) atoms. The molecular weight excluding hydrogens is 340 g/mol. The average Bonchev–Trinajstić information content (AvgIpc) is 3.22. The van der Waals surface area contributed by atoms with Gasteiger partial charge >= 0.3 is 0 Å². The molecule has 7 heteroatoms. The van der Waals surface area contributed by atoms with Gasteiger partial charge in [-0.1, -0.05) is 24.3 Å². The molecule has 136 valence electrons. The van der Waals surface area contributed by atoms with Gasteiger partial charge in [0.05, 0.1) is 23.5 Å². The fraction of sp³-hybridized carbons (Fsp3) is 0.200. The predicted octanol–water partition coefficient (Wildman–Crippen LogP) is 2.77. The number of carbonyl (C=O) groups is 1. The van der Waals surface area contributed by atoms with Gasteiger partial charge in [-0.05, 0) is 43.8 Å². The Morgan fingerprint density at radius 1 is 1.26 bits per heavy atom. The standard InChI is InChI=1S/C20H20N6O/c1-15(16-7-9-18(10-8-16)26-14-22-13-23-26)25(2)12-20(27)24-19-6-4-3-5-17(19)11-21/h3-10,13-15H,12H2,1-2H3,(H,24,27)/t15-/m1/s1. The number of amides is 1. The average molecular weight is 360 g/mol. The zero-order valence-corrected chi connectivity index (χ0v) is 15.2. The van der Waals surface area contributed by atoms with Crippen LogP contribution >= 0.6 is 0 Å². The number of rotatable bonds is 6. The van der Waals surface area contributed by atoms with E-state index in [-0.39, 0.29) is 18.5 Å². The van der Waals surface area contributed by atoms with Crippen molar-refractivity contribution in [1.82, 2.24) is 19.7 Å². The maximum atomic E-state index is 12.4. The fourth-order valence-electron chi connectivity index (χ4n) is 2.74. The molecule has 0 aliphatic carbocycles. The molecule has 0 unspecified atom stereocenters. The Hall–Kier alpha value is -3.50. The van der Waals surface area contributed by atoms with E-state index in [2.05, 4.69) is 21.5 Å². The fourth-order valence-corrected chi connectivity index (χ4v) is 2.74. The third kappa shape index (κ3) is 4.37. The van der Waals surface area contributed by atoms with Crippen LogP contribution in [0.5, 0.6) is 0 Å². The van der Waals surface area contributed by atoms with E-state index in [0.29, 0.717) is 11.3 Å². The van der Waals surface area contributed by atoms with E-state index >= 15 is 0 Å². The van der Waals surface area contributed by atoms with Crippen LogP contribution in [-0.4, -0.2) is 39.2 Å². The lowest BCUT2D eigenvalue weighted by Crippen LogP contribution is -2.32. The van der Waals surface area contributed by atoms with Crippen LogP contribution < -0.4 is 5.32 Å². The highest BCUT2D eigenvalue weighted by molar-refractivity contribution is 5.93. The Morgan fingerprint density at radius 2 is 2.00 bits per heavy atom. The Bertz CT molecular complexity index is 943. The first-order valence-corrected chi connectivity index (χ1v) is 8.52. The van der Waals surface area contributed by atoms with Crippen molar-refractivity contribution in [1.29, 1.82) is 5.26 Å². The molecule has 1 N–H and O–H groups in total. The van der Waals surface area contributed by atoms with Gasteiger partial charge in [0, 0.05) is 6.04 Å². The van der Waals surface area contributed by atoms with Gasteiger partial charge in [0.15, 0.2) is 0 Å². The number of likely N-dealkylation sites (N-methyl/N-ethyl adjacent to an activating group) is 1. The first-order chi connectivity index (χ1) is 13.1. The first kappa shape index (κ1) is 18.3. The second-order valence-corrected chi connectivity index (χ2v) is 6.23. The van der Waals surface area contributed by atoms with Crippen molar-refractivity contribution in [2.45, 2.75) is 13.0 Å². The van der Waals surface area contributed by atoms with Crippen LogP contribution in [0.15, 0.2) is 61.2 Å². The molecule has 2 aromatic carbocycles. The third-order valence-corrected chi connectivity index (χ3v) is 4.43. The summed E-state index contributed by atoms with van der Waals surface area (Å²) in [4.78, 5) is 18.3. The van der Waals surface area contributed by atoms with E-state index in [1.54, 1.807) is 35.3 Å². The van der Waals surface area contributed by atoms with Crippen molar-refractivity contribution in [2.24, 2.45) is 0 Å². The lowest BCUT2D eigenvalue weighted by molar-refractivity contribution is -0.117. The van der Waals surface area contributed by atoms with Crippen LogP contribution in [0.3, 0.4) is 0 Å². The number of aromatic nitrogens is 3. The van der Waals surface area contributed by atoms with Gasteiger partial charge in [-0.3, -0.25) is 9.69 Å². The second-order valence-electron chi connectivity index (χ2n) is 6.23. The lowest BCUT2D eigenvalue weighted by Gasteiger charge is -2.24. The molecule has 3 aromatic rings. The molecule has 7 nitrogen and oxygen atoms in total. The smallest absolute Gasteiger partial charge is 0.238 e. The van der Waals surface area contributed by atoms with Crippen LogP contribution in [0.4, 0.5) is 5.69 Å². The molecule has 1 amide bonds. The SMILES string of the molecule is C[C@H](c1ccc(-n2cncn2)cc1)N(C)CC(=O)Nc1ccccc1C#N. The number of hydrogen-bond donors (Lipinski definition) is 1. The van der Waals surface area contributed by atoms with Crippen LogP contribution in [0.2, 0.25) is 0 Å². The van der Waals surface area contributed by atoms with Crippen LogP contribution in [0.1, 0.15) is 24.1 Å². The van der Waals surface area contributed by atoms with E-state index in [4.69, 9.17) is 5.26 Å². The molecule has 3 rings (SSSR count). The number of anilines is 1. The summed E-state index contributed by atoms with van der Waals surface area (Å²) in [5.41, 5.74) is 3.00. The Balaban J connectivity index is 1.62. The molecular formula is C20H20N6O. The zero-order valence-electron chi connectivity index (χ0n) is 15.2. The lowest BCUT2D eigenvalue weighted by atomic mass is 10.1. The zero-order chi connectivity index (χ0) is 19.2. The minimum Gasteiger partial charge on any atom is -0.324 e. The number of benzene rings is 2. The maximum absolute atomic E-state index is 12.4. The van der Waals surface area contributed by atoms with E-state index < -0.39 is 0 Å². The maximum Gasteiger partial charge on any atom is 0.238 e. The minimum atomic E-state index is -0.161. The highest BCUT2D eigenvalue weighted by Gasteiger charge is 2.16. The number of carbonyl (C=O) groups excluding carboxylic acids is 1. The molecule has 0 saturated carbocycles. The van der Waals surface area contributed by atoms with Crippen LogP contribution in [-0.2, 0) is 4.79 Å². The van der Waals surface area contributed by atoms with Crippen molar-refractivity contribution in [3.8, 4) is 11.8 Å². The summed E-state index contributed by atoms with van der Waals surface area (Å²) in [5.74, 6) is -0.161. The highest BCUT2D eigenvalue weighted by atomic mass is 16.2. The number of nitriles is 1. The number of nitrogens with one attached hydrogen (secondary N) is 1. The number of nitrogens with zero attached hydrogens (tertiary/aromatic N) is 5. The summed E-state index contributed by atoms with van der Waals surface area (Å²) < 4.78 is 1.69. The van der Waals surface area contributed by atoms with Gasteiger partial charge in [-0.2, -0.15) is 10.4 Å². The molecule has 0 aliphatic heterocycles. The highest BCUT2D eigenvalue weighted by Crippen LogP contribution is 2.20. The van der Waals surface area contributed by atoms with E-state index in [1.807, 2.05) is 43.1 Å². The molecule has 0 bridgehead atoms. The monoisotopic (exact) mass is 360 g/mol. The van der Waals surface area contributed by atoms with Gasteiger partial charge in [0.2, 0.25) is 5.91 Å². The van der Waals surface area contributed by atoms with Crippen molar-refractivity contribution in [3.05, 3.63) is 72.3 Å². The summed E-state index contributed by atoms with van der Waals surface area (Å²) in [7, 11) is 1.89. The van der Waals surface area contributed by atoms with Gasteiger partial charge in [-0.15, -0.1) is 0 Å². The first-order valence-electron chi connectivity index (χ1n) is 8.52. The molecule has 0 spiro atoms. The quantitative estimate of drug-likeness (QED) is 0.730. The van der Waals surface area contributed by atoms with Gasteiger partial charge in [-0.25, -0.2) is 9.67 Å². The molecule has 0 radical (unpaired) electrons. The van der Waals surface area contributed by atoms with Crippen molar-refractivity contribution < 1.29 is 4.79 Å². The molecule has 0 saturated heterocycles. The molecule has 0 fully saturated rings. The number of hydrogen-bond acceptors (Lipinski definition) is 5. The summed E-state index contributed by atoms with van der Waals surface area (Å²) in [6.45, 7) is 2.26. The van der Waals surface area contributed by atoms with Gasteiger partial charge in [0.25, 0.3) is 0 Å². The van der Waals surface area contributed by atoms with Crippen molar-refractivity contribution in [3.63, 3.8) is 0 Å². The van der Waals surface area contributed by atoms with Crippen molar-refractivity contribution in [2.75, 3.05) is 18.9 Å². The van der Waals surface area contributed by atoms with Gasteiger partial charge < -0.3 is 5.32 Å². The minimum absolute atomic E-state index is 0.0479. The van der Waals surface area contributed by atoms with E-state index in [9.17, 15) is 4.79 Å². The molecule has 0 aliphatic rings. The van der Waals surface area contributed by atoms with Crippen molar-refractivity contribution >= 4 is 11.6 Å². The molecule has 1 aromatic heterocycles. The predicted molar refractivity (Wildman–Crippen MR) is 102 cm³/mol. The summed E-state index contributed by atoms with van der Waals surface area (Å²) >= 11 is 0. The van der Waals surface area contributed by atoms with E-state index in [1.165, 1.54) is 6.33 Å². The topological polar surface area (TPSA) is 86.8 Å². The molecule has 1 heterocycles. The Labute approximate surface area is 157 Å². The van der Waals surface area contributed by atoms with Gasteiger partial charge in [0.1, 0.15) is 18.7 Å². The normalized spacial score (nSPS) is 11.8. The summed E-state index contributed by atoms with van der Waals surface area (Å²) in [5, 5.41) is 16.0. The van der Waals surface area contributed by atoms with Crippen LogP contribution in [0, 0.1) is 11.3 Å². The summed E-state index contributed by atoms with van der Waals surface area (Å²) in [6.07, 6.45) is 3.14. The largest absolute Gasteiger partial charge is 0.324 e. The second kappa shape index (κ2) is 8.25. The summed E-state index contributed by atoms with van der Waals surface area (Å²) in [6, 6.07) is 17.1. The molecule has 1 atom stereocenters. The van der Waals surface area contributed by atoms with E-state index in [0.717, 1.165) is 11.3 Å². The Morgan fingerprint density at radius 3 is 2.67 bits per heavy atom. The third-order valence-electron chi connectivity index (χ3n) is 4.43.